The summed E-state index contributed by atoms with van der Waals surface area (Å²) in [5, 5.41) is 9.10. The van der Waals surface area contributed by atoms with E-state index in [4.69, 9.17) is 5.11 Å². The Hall–Kier alpha value is -1.65. The molecule has 2 fully saturated rings. The molecular formula is C13H17N3O2. The maximum atomic E-state index is 11.1. The second-order valence-corrected chi connectivity index (χ2v) is 5.20. The fraction of sp³-hybridized carbons (Fsp3) is 0.615. The van der Waals surface area contributed by atoms with Crippen LogP contribution in [0.25, 0.3) is 0 Å². The number of rotatable bonds is 3. The van der Waals surface area contributed by atoms with Crippen molar-refractivity contribution < 1.29 is 9.90 Å². The lowest BCUT2D eigenvalue weighted by Crippen LogP contribution is -2.39. The number of anilines is 1. The van der Waals surface area contributed by atoms with Crippen molar-refractivity contribution in [2.45, 2.75) is 31.6 Å². The van der Waals surface area contributed by atoms with Crippen molar-refractivity contribution in [3.05, 3.63) is 18.1 Å². The second kappa shape index (κ2) is 4.55. The number of hydrogen-bond acceptors (Lipinski definition) is 4. The quantitative estimate of drug-likeness (QED) is 0.879. The summed E-state index contributed by atoms with van der Waals surface area (Å²) < 4.78 is 0. The average Bonchev–Trinajstić information content (AvgIpc) is 3.23. The predicted octanol–water partition coefficient (Wildman–Crippen LogP) is 1.66. The summed E-state index contributed by atoms with van der Waals surface area (Å²) in [6, 6.07) is 2.03. The van der Waals surface area contributed by atoms with E-state index >= 15 is 0 Å². The van der Waals surface area contributed by atoms with Crippen molar-refractivity contribution in [2.24, 2.45) is 5.92 Å². The fourth-order valence-electron chi connectivity index (χ4n) is 2.52. The minimum atomic E-state index is -0.698. The minimum absolute atomic E-state index is 0.266. The number of aromatic nitrogens is 2. The van der Waals surface area contributed by atoms with Gasteiger partial charge >= 0.3 is 5.97 Å². The Labute approximate surface area is 106 Å². The van der Waals surface area contributed by atoms with Crippen LogP contribution in [-0.4, -0.2) is 34.1 Å². The molecule has 5 heteroatoms. The lowest BCUT2D eigenvalue weighted by Gasteiger charge is -2.31. The minimum Gasteiger partial charge on any atom is -0.481 e. The normalized spacial score (nSPS) is 24.0. The third-order valence-electron chi connectivity index (χ3n) is 3.76. The van der Waals surface area contributed by atoms with Crippen LogP contribution in [0.15, 0.2) is 12.4 Å². The maximum absolute atomic E-state index is 11.1. The highest BCUT2D eigenvalue weighted by Gasteiger charge is 2.28. The first-order chi connectivity index (χ1) is 8.74. The largest absolute Gasteiger partial charge is 0.481 e. The summed E-state index contributed by atoms with van der Waals surface area (Å²) in [6.45, 7) is 1.46. The van der Waals surface area contributed by atoms with Gasteiger partial charge in [0.25, 0.3) is 0 Å². The van der Waals surface area contributed by atoms with E-state index in [2.05, 4.69) is 14.9 Å². The highest BCUT2D eigenvalue weighted by Crippen LogP contribution is 2.39. The van der Waals surface area contributed by atoms with E-state index in [1.165, 1.54) is 12.8 Å². The highest BCUT2D eigenvalue weighted by molar-refractivity contribution is 5.71. The van der Waals surface area contributed by atoms with Gasteiger partial charge in [-0.05, 0) is 25.7 Å². The molecule has 3 rings (SSSR count). The zero-order chi connectivity index (χ0) is 12.5. The molecule has 1 N–H and O–H groups in total. The molecule has 1 aromatic heterocycles. The van der Waals surface area contributed by atoms with Crippen LogP contribution in [0.3, 0.4) is 0 Å². The van der Waals surface area contributed by atoms with Crippen molar-refractivity contribution in [1.29, 1.82) is 0 Å². The van der Waals surface area contributed by atoms with E-state index in [9.17, 15) is 4.79 Å². The molecule has 2 aliphatic rings. The van der Waals surface area contributed by atoms with E-state index in [0.717, 1.165) is 30.9 Å². The Morgan fingerprint density at radius 3 is 2.89 bits per heavy atom. The Morgan fingerprint density at radius 2 is 2.17 bits per heavy atom. The third kappa shape index (κ3) is 2.30. The predicted molar refractivity (Wildman–Crippen MR) is 66.6 cm³/mol. The maximum Gasteiger partial charge on any atom is 0.308 e. The molecule has 1 aliphatic carbocycles. The zero-order valence-corrected chi connectivity index (χ0v) is 10.2. The molecule has 2 heterocycles. The number of hydrogen-bond donors (Lipinski definition) is 1. The Morgan fingerprint density at radius 1 is 1.33 bits per heavy atom. The van der Waals surface area contributed by atoms with Gasteiger partial charge in [-0.2, -0.15) is 0 Å². The van der Waals surface area contributed by atoms with E-state index in [0.29, 0.717) is 12.5 Å². The molecule has 96 valence electrons. The number of carboxylic acids is 1. The molecule has 5 nitrogen and oxygen atoms in total. The van der Waals surface area contributed by atoms with Gasteiger partial charge in [0.1, 0.15) is 12.1 Å². The van der Waals surface area contributed by atoms with Crippen LogP contribution in [0, 0.1) is 5.92 Å². The topological polar surface area (TPSA) is 66.3 Å². The molecular weight excluding hydrogens is 230 g/mol. The molecule has 0 radical (unpaired) electrons. The van der Waals surface area contributed by atoms with Crippen LogP contribution >= 0.6 is 0 Å². The number of nitrogens with zero attached hydrogens (tertiary/aromatic N) is 3. The summed E-state index contributed by atoms with van der Waals surface area (Å²) in [5.74, 6) is 0.527. The van der Waals surface area contributed by atoms with Crippen LogP contribution in [0.5, 0.6) is 0 Å². The van der Waals surface area contributed by atoms with Gasteiger partial charge in [-0.25, -0.2) is 9.97 Å². The van der Waals surface area contributed by atoms with Gasteiger partial charge in [0.2, 0.25) is 0 Å². The van der Waals surface area contributed by atoms with Gasteiger partial charge in [-0.1, -0.05) is 0 Å². The lowest BCUT2D eigenvalue weighted by molar-refractivity contribution is -0.141. The van der Waals surface area contributed by atoms with Crippen molar-refractivity contribution in [2.75, 3.05) is 18.0 Å². The van der Waals surface area contributed by atoms with Crippen LogP contribution in [-0.2, 0) is 4.79 Å². The highest BCUT2D eigenvalue weighted by atomic mass is 16.4. The Kier molecular flexibility index (Phi) is 2.89. The van der Waals surface area contributed by atoms with Gasteiger partial charge in [0.05, 0.1) is 5.92 Å². The average molecular weight is 247 g/mol. The standard InChI is InChI=1S/C13H17N3O2/c17-13(18)10-2-1-5-16(7-10)12-6-11(9-3-4-9)14-8-15-12/h6,8-10H,1-5,7H2,(H,17,18). The van der Waals surface area contributed by atoms with E-state index in [-0.39, 0.29) is 5.92 Å². The number of carbonyl (C=O) groups is 1. The third-order valence-corrected chi connectivity index (χ3v) is 3.76. The molecule has 18 heavy (non-hydrogen) atoms. The van der Waals surface area contributed by atoms with Gasteiger partial charge in [-0.3, -0.25) is 4.79 Å². The summed E-state index contributed by atoms with van der Waals surface area (Å²) in [4.78, 5) is 21.7. The molecule has 1 unspecified atom stereocenters. The monoisotopic (exact) mass is 247 g/mol. The van der Waals surface area contributed by atoms with E-state index < -0.39 is 5.97 Å². The first kappa shape index (κ1) is 11.4. The van der Waals surface area contributed by atoms with Crippen molar-refractivity contribution in [3.63, 3.8) is 0 Å². The molecule has 1 aliphatic heterocycles. The summed E-state index contributed by atoms with van der Waals surface area (Å²) >= 11 is 0. The summed E-state index contributed by atoms with van der Waals surface area (Å²) in [7, 11) is 0. The van der Waals surface area contributed by atoms with Crippen molar-refractivity contribution >= 4 is 11.8 Å². The molecule has 0 amide bonds. The van der Waals surface area contributed by atoms with Crippen molar-refractivity contribution in [1.82, 2.24) is 9.97 Å². The van der Waals surface area contributed by atoms with Crippen LogP contribution < -0.4 is 4.90 Å². The lowest BCUT2D eigenvalue weighted by atomic mass is 9.98. The van der Waals surface area contributed by atoms with E-state index in [1.54, 1.807) is 6.33 Å². The summed E-state index contributed by atoms with van der Waals surface area (Å²) in [6.07, 6.45) is 5.72. The van der Waals surface area contributed by atoms with Crippen LogP contribution in [0.4, 0.5) is 5.82 Å². The van der Waals surface area contributed by atoms with Gasteiger partial charge in [0, 0.05) is 30.8 Å². The second-order valence-electron chi connectivity index (χ2n) is 5.20. The van der Waals surface area contributed by atoms with Crippen LogP contribution in [0.1, 0.15) is 37.3 Å². The Balaban J connectivity index is 1.76. The molecule has 0 aromatic carbocycles. The number of aliphatic carboxylic acids is 1. The molecule has 0 spiro atoms. The van der Waals surface area contributed by atoms with Gasteiger partial charge in [0.15, 0.2) is 0 Å². The SMILES string of the molecule is O=C(O)C1CCCN(c2cc(C3CC3)ncn2)C1. The first-order valence-corrected chi connectivity index (χ1v) is 6.54. The molecule has 1 saturated carbocycles. The molecule has 1 saturated heterocycles. The number of carboxylic acid groups (broad SMARTS) is 1. The molecule has 1 atom stereocenters. The summed E-state index contributed by atoms with van der Waals surface area (Å²) in [5.41, 5.74) is 1.11. The first-order valence-electron chi connectivity index (χ1n) is 6.54. The Bertz CT molecular complexity index is 459. The number of piperidine rings is 1. The van der Waals surface area contributed by atoms with E-state index in [1.807, 2.05) is 6.07 Å². The smallest absolute Gasteiger partial charge is 0.308 e. The molecule has 0 bridgehead atoms. The van der Waals surface area contributed by atoms with Gasteiger partial charge < -0.3 is 10.0 Å². The molecule has 1 aromatic rings. The fourth-order valence-corrected chi connectivity index (χ4v) is 2.52. The van der Waals surface area contributed by atoms with Gasteiger partial charge in [-0.15, -0.1) is 0 Å². The van der Waals surface area contributed by atoms with Crippen molar-refractivity contribution in [3.8, 4) is 0 Å². The zero-order valence-electron chi connectivity index (χ0n) is 10.2. The van der Waals surface area contributed by atoms with Crippen LogP contribution in [0.2, 0.25) is 0 Å².